The summed E-state index contributed by atoms with van der Waals surface area (Å²) in [5.74, 6) is 0.640. The lowest BCUT2D eigenvalue weighted by Crippen LogP contribution is -2.40. The average molecular weight is 328 g/mol. The highest BCUT2D eigenvalue weighted by Crippen LogP contribution is 2.12. The number of ether oxygens (including phenoxy) is 1. The zero-order valence-electron chi connectivity index (χ0n) is 14.3. The molecular formula is C18H24N4O2. The Morgan fingerprint density at radius 2 is 2.04 bits per heavy atom. The molecule has 2 N–H and O–H groups in total. The molecule has 2 rings (SSSR count). The van der Waals surface area contributed by atoms with E-state index in [1.165, 1.54) is 0 Å². The third-order valence-corrected chi connectivity index (χ3v) is 3.97. The summed E-state index contributed by atoms with van der Waals surface area (Å²) < 4.78 is 7.45. The van der Waals surface area contributed by atoms with E-state index in [2.05, 4.69) is 30.3 Å². The van der Waals surface area contributed by atoms with E-state index in [1.54, 1.807) is 24.3 Å². The third kappa shape index (κ3) is 5.08. The highest BCUT2D eigenvalue weighted by molar-refractivity contribution is 5.34. The Bertz CT molecular complexity index is 675. The van der Waals surface area contributed by atoms with E-state index in [-0.39, 0.29) is 18.7 Å². The monoisotopic (exact) mass is 328 g/mol. The number of hydrogen-bond donors (Lipinski definition) is 2. The average Bonchev–Trinajstić information content (AvgIpc) is 3.04. The summed E-state index contributed by atoms with van der Waals surface area (Å²) in [6, 6.07) is 9.23. The van der Waals surface area contributed by atoms with E-state index in [1.807, 2.05) is 24.0 Å². The van der Waals surface area contributed by atoms with Gasteiger partial charge in [-0.25, -0.2) is 0 Å². The molecule has 1 heterocycles. The van der Waals surface area contributed by atoms with Crippen molar-refractivity contribution >= 4 is 0 Å². The number of rotatable bonds is 8. The highest BCUT2D eigenvalue weighted by Gasteiger charge is 2.16. The van der Waals surface area contributed by atoms with Crippen LogP contribution in [0.15, 0.2) is 36.7 Å². The summed E-state index contributed by atoms with van der Waals surface area (Å²) in [6.45, 7) is 6.79. The van der Waals surface area contributed by atoms with Crippen LogP contribution in [0.4, 0.5) is 0 Å². The van der Waals surface area contributed by atoms with Gasteiger partial charge in [-0.2, -0.15) is 10.4 Å². The maximum absolute atomic E-state index is 10.1. The molecule has 24 heavy (non-hydrogen) atoms. The van der Waals surface area contributed by atoms with Crippen molar-refractivity contribution in [2.45, 2.75) is 39.0 Å². The van der Waals surface area contributed by atoms with E-state index in [0.717, 1.165) is 5.56 Å². The van der Waals surface area contributed by atoms with Crippen LogP contribution >= 0.6 is 0 Å². The van der Waals surface area contributed by atoms with Crippen LogP contribution in [0.3, 0.4) is 0 Å². The molecule has 3 atom stereocenters. The van der Waals surface area contributed by atoms with Crippen LogP contribution < -0.4 is 10.1 Å². The molecule has 0 spiro atoms. The highest BCUT2D eigenvalue weighted by atomic mass is 16.5. The minimum atomic E-state index is -0.616. The summed E-state index contributed by atoms with van der Waals surface area (Å²) in [4.78, 5) is 0. The maximum Gasteiger partial charge on any atom is 0.119 e. The zero-order valence-corrected chi connectivity index (χ0v) is 14.3. The molecule has 1 aromatic carbocycles. The van der Waals surface area contributed by atoms with Crippen molar-refractivity contribution in [1.29, 1.82) is 5.26 Å². The van der Waals surface area contributed by atoms with E-state index >= 15 is 0 Å². The molecular weight excluding hydrogens is 304 g/mol. The fourth-order valence-corrected chi connectivity index (χ4v) is 2.25. The van der Waals surface area contributed by atoms with E-state index in [0.29, 0.717) is 17.9 Å². The molecule has 0 amide bonds. The fourth-order valence-electron chi connectivity index (χ4n) is 2.25. The second-order valence-corrected chi connectivity index (χ2v) is 6.04. The van der Waals surface area contributed by atoms with Gasteiger partial charge in [0.25, 0.3) is 0 Å². The standard InChI is InChI=1S/C18H24N4O2/c1-13-9-21-22(11-13)15(3)14(2)20-10-17(23)12-24-18-6-4-16(8-19)5-7-18/h4-7,9,11,14-15,17,20,23H,10,12H2,1-3H3. The van der Waals surface area contributed by atoms with Gasteiger partial charge in [0, 0.05) is 18.8 Å². The van der Waals surface area contributed by atoms with E-state index in [4.69, 9.17) is 10.00 Å². The van der Waals surface area contributed by atoms with Crippen LogP contribution in [0.5, 0.6) is 5.75 Å². The first kappa shape index (κ1) is 18.0. The summed E-state index contributed by atoms with van der Waals surface area (Å²) in [7, 11) is 0. The van der Waals surface area contributed by atoms with Crippen LogP contribution in [0, 0.1) is 18.3 Å². The summed E-state index contributed by atoms with van der Waals surface area (Å²) >= 11 is 0. The van der Waals surface area contributed by atoms with Gasteiger partial charge in [0.15, 0.2) is 0 Å². The largest absolute Gasteiger partial charge is 0.491 e. The van der Waals surface area contributed by atoms with Crippen LogP contribution in [0.25, 0.3) is 0 Å². The Hall–Kier alpha value is -2.36. The number of nitrogens with one attached hydrogen (secondary N) is 1. The molecule has 0 fully saturated rings. The first-order valence-corrected chi connectivity index (χ1v) is 8.04. The quantitative estimate of drug-likeness (QED) is 0.775. The number of aromatic nitrogens is 2. The smallest absolute Gasteiger partial charge is 0.119 e. The number of aliphatic hydroxyl groups is 1. The van der Waals surface area contributed by atoms with E-state index in [9.17, 15) is 5.11 Å². The van der Waals surface area contributed by atoms with Crippen LogP contribution in [0.2, 0.25) is 0 Å². The molecule has 0 aliphatic rings. The minimum absolute atomic E-state index is 0.161. The second-order valence-electron chi connectivity index (χ2n) is 6.04. The molecule has 128 valence electrons. The molecule has 0 bridgehead atoms. The van der Waals surface area contributed by atoms with Crippen LogP contribution in [-0.2, 0) is 0 Å². The number of benzene rings is 1. The molecule has 0 saturated carbocycles. The predicted molar refractivity (Wildman–Crippen MR) is 91.8 cm³/mol. The van der Waals surface area contributed by atoms with Gasteiger partial charge in [0.2, 0.25) is 0 Å². The molecule has 1 aromatic heterocycles. The molecule has 3 unspecified atom stereocenters. The van der Waals surface area contributed by atoms with Crippen molar-refractivity contribution in [2.75, 3.05) is 13.2 Å². The lowest BCUT2D eigenvalue weighted by molar-refractivity contribution is 0.102. The van der Waals surface area contributed by atoms with Gasteiger partial charge in [-0.1, -0.05) is 0 Å². The van der Waals surface area contributed by atoms with Gasteiger partial charge >= 0.3 is 0 Å². The number of nitrogens with zero attached hydrogens (tertiary/aromatic N) is 3. The summed E-state index contributed by atoms with van der Waals surface area (Å²) in [5, 5.41) is 26.4. The fraction of sp³-hybridized carbons (Fsp3) is 0.444. The molecule has 0 saturated heterocycles. The molecule has 6 heteroatoms. The Morgan fingerprint density at radius 3 is 2.62 bits per heavy atom. The number of aryl methyl sites for hydroxylation is 1. The second kappa shape index (κ2) is 8.48. The molecule has 0 aliphatic carbocycles. The van der Waals surface area contributed by atoms with Crippen molar-refractivity contribution in [3.8, 4) is 11.8 Å². The molecule has 2 aromatic rings. The Morgan fingerprint density at radius 1 is 1.33 bits per heavy atom. The van der Waals surface area contributed by atoms with Gasteiger partial charge in [-0.15, -0.1) is 0 Å². The number of hydrogen-bond acceptors (Lipinski definition) is 5. The van der Waals surface area contributed by atoms with Crippen molar-refractivity contribution < 1.29 is 9.84 Å². The third-order valence-electron chi connectivity index (χ3n) is 3.97. The van der Waals surface area contributed by atoms with Crippen molar-refractivity contribution in [3.05, 3.63) is 47.8 Å². The normalized spacial score (nSPS) is 14.6. The Balaban J connectivity index is 1.73. The molecule has 0 aliphatic heterocycles. The van der Waals surface area contributed by atoms with Gasteiger partial charge in [-0.05, 0) is 50.6 Å². The number of nitriles is 1. The minimum Gasteiger partial charge on any atom is -0.491 e. The van der Waals surface area contributed by atoms with E-state index < -0.39 is 6.10 Å². The van der Waals surface area contributed by atoms with Gasteiger partial charge in [0.05, 0.1) is 23.9 Å². The summed E-state index contributed by atoms with van der Waals surface area (Å²) in [5.41, 5.74) is 1.71. The van der Waals surface area contributed by atoms with Gasteiger partial charge < -0.3 is 15.2 Å². The molecule has 0 radical (unpaired) electrons. The first-order valence-electron chi connectivity index (χ1n) is 8.04. The zero-order chi connectivity index (χ0) is 17.5. The van der Waals surface area contributed by atoms with Gasteiger partial charge in [-0.3, -0.25) is 4.68 Å². The number of aliphatic hydroxyl groups excluding tert-OH is 1. The first-order chi connectivity index (χ1) is 11.5. The van der Waals surface area contributed by atoms with Gasteiger partial charge in [0.1, 0.15) is 18.5 Å². The lowest BCUT2D eigenvalue weighted by Gasteiger charge is -2.23. The Labute approximate surface area is 142 Å². The van der Waals surface area contributed by atoms with Crippen molar-refractivity contribution in [2.24, 2.45) is 0 Å². The Kier molecular flexibility index (Phi) is 6.36. The lowest BCUT2D eigenvalue weighted by atomic mass is 10.1. The maximum atomic E-state index is 10.1. The summed E-state index contributed by atoms with van der Waals surface area (Å²) in [6.07, 6.45) is 3.23. The SMILES string of the molecule is Cc1cnn(C(C)C(C)NCC(O)COc2ccc(C#N)cc2)c1. The van der Waals surface area contributed by atoms with Crippen molar-refractivity contribution in [1.82, 2.24) is 15.1 Å². The predicted octanol–water partition coefficient (Wildman–Crippen LogP) is 2.04. The molecule has 6 nitrogen and oxygen atoms in total. The van der Waals surface area contributed by atoms with Crippen molar-refractivity contribution in [3.63, 3.8) is 0 Å². The van der Waals surface area contributed by atoms with Crippen LogP contribution in [0.1, 0.15) is 31.0 Å². The topological polar surface area (TPSA) is 83.1 Å². The van der Waals surface area contributed by atoms with Crippen LogP contribution in [-0.4, -0.2) is 40.2 Å².